The summed E-state index contributed by atoms with van der Waals surface area (Å²) in [5, 5.41) is 15.8. The van der Waals surface area contributed by atoms with Gasteiger partial charge >= 0.3 is 0 Å². The van der Waals surface area contributed by atoms with Gasteiger partial charge in [0.2, 0.25) is 5.91 Å². The Bertz CT molecular complexity index is 444. The maximum Gasteiger partial charge on any atom is 0.239 e. The number of rotatable bonds is 5. The summed E-state index contributed by atoms with van der Waals surface area (Å²) in [5.74, 6) is -0.115. The maximum atomic E-state index is 11.8. The van der Waals surface area contributed by atoms with Gasteiger partial charge in [-0.1, -0.05) is 39.0 Å². The fraction of sp³-hybridized carbons (Fsp3) is 0.562. The van der Waals surface area contributed by atoms with Crippen LogP contribution < -0.4 is 10.6 Å². The molecule has 0 aromatic heterocycles. The zero-order chi connectivity index (χ0) is 15.3. The number of amides is 1. The number of aliphatic hydroxyl groups excluding tert-OH is 1. The van der Waals surface area contributed by atoms with E-state index >= 15 is 0 Å². The summed E-state index contributed by atoms with van der Waals surface area (Å²) in [4.78, 5) is 11.8. The van der Waals surface area contributed by atoms with Gasteiger partial charge in [0.15, 0.2) is 0 Å². The second kappa shape index (κ2) is 6.75. The molecule has 0 fully saturated rings. The van der Waals surface area contributed by atoms with Crippen LogP contribution in [0.15, 0.2) is 18.2 Å². The van der Waals surface area contributed by atoms with Gasteiger partial charge in [-0.25, -0.2) is 0 Å². The minimum atomic E-state index is -0.549. The van der Waals surface area contributed by atoms with Crippen LogP contribution in [0.2, 0.25) is 0 Å². The van der Waals surface area contributed by atoms with E-state index in [2.05, 4.69) is 10.6 Å². The lowest BCUT2D eigenvalue weighted by Crippen LogP contribution is -2.41. The lowest BCUT2D eigenvalue weighted by atomic mass is 9.89. The molecule has 20 heavy (non-hydrogen) atoms. The van der Waals surface area contributed by atoms with Crippen LogP contribution in [0.1, 0.15) is 31.9 Å². The van der Waals surface area contributed by atoms with Crippen molar-refractivity contribution in [1.29, 1.82) is 0 Å². The van der Waals surface area contributed by atoms with Crippen LogP contribution in [0.25, 0.3) is 0 Å². The molecule has 0 saturated carbocycles. The molecule has 0 radical (unpaired) electrons. The molecule has 1 rings (SSSR count). The van der Waals surface area contributed by atoms with Crippen molar-refractivity contribution >= 4 is 11.6 Å². The molecule has 1 unspecified atom stereocenters. The number of hydrogen-bond donors (Lipinski definition) is 3. The first-order chi connectivity index (χ1) is 9.21. The third-order valence-electron chi connectivity index (χ3n) is 3.40. The number of aryl methyl sites for hydroxylation is 2. The molecule has 1 amide bonds. The highest BCUT2D eigenvalue weighted by molar-refractivity contribution is 5.81. The molecular weight excluding hydrogens is 252 g/mol. The van der Waals surface area contributed by atoms with Crippen molar-refractivity contribution < 1.29 is 9.90 Å². The lowest BCUT2D eigenvalue weighted by Gasteiger charge is -2.26. The molecule has 1 aromatic carbocycles. The Hall–Kier alpha value is -1.55. The normalized spacial score (nSPS) is 12.9. The Balaban J connectivity index is 2.45. The lowest BCUT2D eigenvalue weighted by molar-refractivity contribution is -0.120. The Morgan fingerprint density at radius 3 is 2.30 bits per heavy atom. The Kier molecular flexibility index (Phi) is 5.57. The van der Waals surface area contributed by atoms with E-state index in [-0.39, 0.29) is 24.4 Å². The van der Waals surface area contributed by atoms with Gasteiger partial charge in [-0.2, -0.15) is 0 Å². The zero-order valence-corrected chi connectivity index (χ0v) is 13.1. The minimum absolute atomic E-state index is 0.115. The van der Waals surface area contributed by atoms with Crippen molar-refractivity contribution in [3.8, 4) is 0 Å². The third kappa shape index (κ3) is 4.85. The Morgan fingerprint density at radius 2 is 1.80 bits per heavy atom. The summed E-state index contributed by atoms with van der Waals surface area (Å²) in [7, 11) is 0. The number of para-hydroxylation sites is 1. The number of nitrogens with one attached hydrogen (secondary N) is 2. The zero-order valence-electron chi connectivity index (χ0n) is 13.1. The molecular formula is C16H26N2O2. The van der Waals surface area contributed by atoms with Crippen LogP contribution in [0, 0.1) is 19.3 Å². The predicted octanol–water partition coefficient (Wildman–Crippen LogP) is 2.24. The molecule has 0 saturated heterocycles. The summed E-state index contributed by atoms with van der Waals surface area (Å²) >= 11 is 0. The highest BCUT2D eigenvalue weighted by Gasteiger charge is 2.22. The van der Waals surface area contributed by atoms with Crippen molar-refractivity contribution in [2.24, 2.45) is 5.41 Å². The molecule has 1 atom stereocenters. The van der Waals surface area contributed by atoms with E-state index < -0.39 is 6.10 Å². The van der Waals surface area contributed by atoms with E-state index in [9.17, 15) is 9.90 Å². The van der Waals surface area contributed by atoms with Crippen LogP contribution >= 0.6 is 0 Å². The van der Waals surface area contributed by atoms with Gasteiger partial charge in [-0.15, -0.1) is 0 Å². The van der Waals surface area contributed by atoms with E-state index in [1.54, 1.807) is 0 Å². The van der Waals surface area contributed by atoms with E-state index in [0.717, 1.165) is 16.8 Å². The first kappa shape index (κ1) is 16.5. The number of anilines is 1. The highest BCUT2D eigenvalue weighted by atomic mass is 16.3. The second-order valence-corrected chi connectivity index (χ2v) is 6.31. The van der Waals surface area contributed by atoms with Gasteiger partial charge in [0, 0.05) is 12.2 Å². The van der Waals surface area contributed by atoms with Gasteiger partial charge < -0.3 is 15.7 Å². The molecule has 1 aromatic rings. The van der Waals surface area contributed by atoms with E-state index in [1.807, 2.05) is 52.8 Å². The van der Waals surface area contributed by atoms with Gasteiger partial charge in [-0.3, -0.25) is 4.79 Å². The summed E-state index contributed by atoms with van der Waals surface area (Å²) in [6, 6.07) is 6.02. The van der Waals surface area contributed by atoms with Crippen molar-refractivity contribution in [2.75, 3.05) is 18.4 Å². The van der Waals surface area contributed by atoms with Gasteiger partial charge in [-0.05, 0) is 30.4 Å². The van der Waals surface area contributed by atoms with Crippen LogP contribution in [0.3, 0.4) is 0 Å². The number of aliphatic hydroxyl groups is 1. The average molecular weight is 278 g/mol. The summed E-state index contributed by atoms with van der Waals surface area (Å²) in [6.07, 6.45) is -0.549. The number of hydrogen-bond acceptors (Lipinski definition) is 3. The molecule has 0 aliphatic carbocycles. The third-order valence-corrected chi connectivity index (χ3v) is 3.40. The van der Waals surface area contributed by atoms with Gasteiger partial charge in [0.1, 0.15) is 0 Å². The van der Waals surface area contributed by atoms with Crippen molar-refractivity contribution in [2.45, 2.75) is 40.7 Å². The minimum Gasteiger partial charge on any atom is -0.391 e. The second-order valence-electron chi connectivity index (χ2n) is 6.31. The highest BCUT2D eigenvalue weighted by Crippen LogP contribution is 2.19. The van der Waals surface area contributed by atoms with E-state index in [0.29, 0.717) is 0 Å². The topological polar surface area (TPSA) is 61.4 Å². The fourth-order valence-electron chi connectivity index (χ4n) is 1.84. The van der Waals surface area contributed by atoms with Crippen molar-refractivity contribution in [3.05, 3.63) is 29.3 Å². The van der Waals surface area contributed by atoms with Crippen LogP contribution in [-0.4, -0.2) is 30.2 Å². The fourth-order valence-corrected chi connectivity index (χ4v) is 1.84. The molecule has 0 heterocycles. The first-order valence-corrected chi connectivity index (χ1v) is 6.96. The Morgan fingerprint density at radius 1 is 1.25 bits per heavy atom. The smallest absolute Gasteiger partial charge is 0.239 e. The largest absolute Gasteiger partial charge is 0.391 e. The summed E-state index contributed by atoms with van der Waals surface area (Å²) < 4.78 is 0. The molecule has 0 spiro atoms. The van der Waals surface area contributed by atoms with E-state index in [1.165, 1.54) is 0 Å². The van der Waals surface area contributed by atoms with Crippen LogP contribution in [-0.2, 0) is 4.79 Å². The molecule has 0 aliphatic rings. The molecule has 0 bridgehead atoms. The van der Waals surface area contributed by atoms with Crippen molar-refractivity contribution in [3.63, 3.8) is 0 Å². The van der Waals surface area contributed by atoms with E-state index in [4.69, 9.17) is 0 Å². The summed E-state index contributed by atoms with van der Waals surface area (Å²) in [5.41, 5.74) is 3.01. The van der Waals surface area contributed by atoms with Gasteiger partial charge in [0.25, 0.3) is 0 Å². The predicted molar refractivity (Wildman–Crippen MR) is 82.9 cm³/mol. The monoisotopic (exact) mass is 278 g/mol. The Labute approximate surface area is 121 Å². The van der Waals surface area contributed by atoms with Crippen LogP contribution in [0.5, 0.6) is 0 Å². The quantitative estimate of drug-likeness (QED) is 0.774. The number of carbonyl (C=O) groups is 1. The standard InChI is InChI=1S/C16H26N2O2/c1-11-7-6-8-12(2)15(11)18-10-14(20)17-9-13(19)16(3,4)5/h6-8,13,18-19H,9-10H2,1-5H3,(H,17,20). The number of benzene rings is 1. The molecule has 4 nitrogen and oxygen atoms in total. The van der Waals surface area contributed by atoms with Crippen molar-refractivity contribution in [1.82, 2.24) is 5.32 Å². The molecule has 112 valence electrons. The summed E-state index contributed by atoms with van der Waals surface area (Å²) in [6.45, 7) is 10.3. The number of carbonyl (C=O) groups excluding carboxylic acids is 1. The SMILES string of the molecule is Cc1cccc(C)c1NCC(=O)NCC(O)C(C)(C)C. The maximum absolute atomic E-state index is 11.8. The molecule has 3 N–H and O–H groups in total. The average Bonchev–Trinajstić information content (AvgIpc) is 2.34. The molecule has 0 aliphatic heterocycles. The molecule has 4 heteroatoms. The first-order valence-electron chi connectivity index (χ1n) is 6.96. The van der Waals surface area contributed by atoms with Gasteiger partial charge in [0.05, 0.1) is 12.6 Å². The van der Waals surface area contributed by atoms with Crippen LogP contribution in [0.4, 0.5) is 5.69 Å².